The van der Waals surface area contributed by atoms with Crippen molar-refractivity contribution in [3.05, 3.63) is 65.2 Å². The summed E-state index contributed by atoms with van der Waals surface area (Å²) < 4.78 is 11.0. The molecule has 0 aliphatic carbocycles. The topological polar surface area (TPSA) is 50.8 Å². The molecule has 0 saturated carbocycles. The summed E-state index contributed by atoms with van der Waals surface area (Å²) in [5.74, 6) is 0.807. The van der Waals surface area contributed by atoms with Crippen LogP contribution in [0, 0.1) is 0 Å². The van der Waals surface area contributed by atoms with Gasteiger partial charge in [0.1, 0.15) is 5.75 Å². The third kappa shape index (κ3) is 4.51. The molecule has 132 valence electrons. The Morgan fingerprint density at radius 3 is 2.64 bits per heavy atom. The molecule has 2 aromatic carbocycles. The zero-order valence-electron chi connectivity index (χ0n) is 14.7. The van der Waals surface area contributed by atoms with Gasteiger partial charge in [-0.1, -0.05) is 36.4 Å². The summed E-state index contributed by atoms with van der Waals surface area (Å²) in [5, 5.41) is 2.94. The highest BCUT2D eigenvalue weighted by Gasteiger charge is 2.21. The van der Waals surface area contributed by atoms with Crippen LogP contribution in [0.15, 0.2) is 48.5 Å². The monoisotopic (exact) mass is 340 g/mol. The third-order valence-electron chi connectivity index (χ3n) is 4.47. The van der Waals surface area contributed by atoms with E-state index in [0.717, 1.165) is 17.7 Å². The van der Waals surface area contributed by atoms with Crippen molar-refractivity contribution in [2.75, 3.05) is 20.7 Å². The van der Waals surface area contributed by atoms with Gasteiger partial charge in [0, 0.05) is 26.6 Å². The Balaban J connectivity index is 1.47. The Hall–Kier alpha value is -2.53. The van der Waals surface area contributed by atoms with Crippen LogP contribution in [-0.2, 0) is 24.3 Å². The predicted octanol–water partition coefficient (Wildman–Crippen LogP) is 2.98. The van der Waals surface area contributed by atoms with Crippen molar-refractivity contribution in [2.45, 2.75) is 25.7 Å². The molecule has 0 fully saturated rings. The highest BCUT2D eigenvalue weighted by atomic mass is 16.5. The highest BCUT2D eigenvalue weighted by Crippen LogP contribution is 2.20. The molecule has 5 nitrogen and oxygen atoms in total. The second kappa shape index (κ2) is 8.03. The summed E-state index contributed by atoms with van der Waals surface area (Å²) in [6.07, 6.45) is 0.873. The van der Waals surface area contributed by atoms with E-state index in [1.54, 1.807) is 19.1 Å². The number of fused-ring (bicyclic) bond motifs is 1. The van der Waals surface area contributed by atoms with Crippen molar-refractivity contribution in [3.8, 4) is 5.75 Å². The average molecular weight is 340 g/mol. The number of benzene rings is 2. The molecule has 0 saturated heterocycles. The number of ether oxygens (including phenoxy) is 2. The second-order valence-electron chi connectivity index (χ2n) is 6.29. The van der Waals surface area contributed by atoms with E-state index in [2.05, 4.69) is 17.4 Å². The van der Waals surface area contributed by atoms with Crippen molar-refractivity contribution >= 4 is 6.03 Å². The zero-order chi connectivity index (χ0) is 17.6. The summed E-state index contributed by atoms with van der Waals surface area (Å²) in [5.41, 5.74) is 3.58. The van der Waals surface area contributed by atoms with E-state index in [4.69, 9.17) is 9.47 Å². The summed E-state index contributed by atoms with van der Waals surface area (Å²) >= 11 is 0. The summed E-state index contributed by atoms with van der Waals surface area (Å²) in [4.78, 5) is 14.0. The number of hydrogen-bond donors (Lipinski definition) is 1. The quantitative estimate of drug-likeness (QED) is 0.910. The number of carbonyl (C=O) groups excluding carboxylic acids is 1. The molecule has 1 heterocycles. The van der Waals surface area contributed by atoms with E-state index in [1.807, 2.05) is 36.4 Å². The van der Waals surface area contributed by atoms with Gasteiger partial charge in [0.2, 0.25) is 0 Å². The van der Waals surface area contributed by atoms with E-state index in [-0.39, 0.29) is 12.1 Å². The number of likely N-dealkylation sites (N-methyl/N-ethyl adjacent to an activating group) is 1. The van der Waals surface area contributed by atoms with Gasteiger partial charge in [0.05, 0.1) is 19.8 Å². The second-order valence-corrected chi connectivity index (χ2v) is 6.29. The van der Waals surface area contributed by atoms with Gasteiger partial charge < -0.3 is 19.7 Å². The molecule has 5 heteroatoms. The maximum absolute atomic E-state index is 12.3. The fraction of sp³-hybridized carbons (Fsp3) is 0.350. The van der Waals surface area contributed by atoms with Crippen LogP contribution in [0.1, 0.15) is 16.7 Å². The molecule has 0 radical (unpaired) electrons. The number of rotatable bonds is 5. The lowest BCUT2D eigenvalue weighted by Gasteiger charge is -2.29. The fourth-order valence-electron chi connectivity index (χ4n) is 2.97. The van der Waals surface area contributed by atoms with Gasteiger partial charge in [-0.2, -0.15) is 0 Å². The molecule has 0 bridgehead atoms. The number of nitrogens with zero attached hydrogens (tertiary/aromatic N) is 1. The Bertz CT molecular complexity index is 715. The first-order valence-corrected chi connectivity index (χ1v) is 8.46. The molecule has 1 unspecified atom stereocenters. The molecule has 1 aliphatic heterocycles. The lowest BCUT2D eigenvalue weighted by Crippen LogP contribution is -2.43. The first kappa shape index (κ1) is 17.3. The van der Waals surface area contributed by atoms with Crippen molar-refractivity contribution in [1.29, 1.82) is 0 Å². The maximum Gasteiger partial charge on any atom is 0.317 e. The highest BCUT2D eigenvalue weighted by molar-refractivity contribution is 5.73. The standard InChI is InChI=1S/C20H24N2O3/c1-22(13-19-11-16-5-3-4-6-17(16)14-25-19)20(23)21-12-15-7-9-18(24-2)10-8-15/h3-10,19H,11-14H2,1-2H3,(H,21,23). The van der Waals surface area contributed by atoms with Crippen LogP contribution in [-0.4, -0.2) is 37.7 Å². The number of hydrogen-bond acceptors (Lipinski definition) is 3. The van der Waals surface area contributed by atoms with Gasteiger partial charge in [0.25, 0.3) is 0 Å². The van der Waals surface area contributed by atoms with Crippen molar-refractivity contribution in [1.82, 2.24) is 10.2 Å². The molecule has 25 heavy (non-hydrogen) atoms. The number of urea groups is 1. The lowest BCUT2D eigenvalue weighted by molar-refractivity contribution is 0.0150. The van der Waals surface area contributed by atoms with Crippen LogP contribution >= 0.6 is 0 Å². The molecule has 0 spiro atoms. The minimum atomic E-state index is -0.0988. The predicted molar refractivity (Wildman–Crippen MR) is 96.6 cm³/mol. The fourth-order valence-corrected chi connectivity index (χ4v) is 2.97. The van der Waals surface area contributed by atoms with Crippen LogP contribution in [0.5, 0.6) is 5.75 Å². The molecule has 2 aromatic rings. The molecule has 1 atom stereocenters. The molecular weight excluding hydrogens is 316 g/mol. The Morgan fingerprint density at radius 2 is 1.92 bits per heavy atom. The van der Waals surface area contributed by atoms with Gasteiger partial charge >= 0.3 is 6.03 Å². The summed E-state index contributed by atoms with van der Waals surface area (Å²) in [6.45, 7) is 1.67. The van der Waals surface area contributed by atoms with Crippen LogP contribution in [0.4, 0.5) is 4.79 Å². The number of nitrogens with one attached hydrogen (secondary N) is 1. The smallest absolute Gasteiger partial charge is 0.317 e. The van der Waals surface area contributed by atoms with E-state index >= 15 is 0 Å². The van der Waals surface area contributed by atoms with Crippen molar-refractivity contribution in [3.63, 3.8) is 0 Å². The van der Waals surface area contributed by atoms with Gasteiger partial charge in [-0.3, -0.25) is 0 Å². The minimum Gasteiger partial charge on any atom is -0.497 e. The Labute approximate surface area is 148 Å². The minimum absolute atomic E-state index is 0.0339. The first-order valence-electron chi connectivity index (χ1n) is 8.46. The van der Waals surface area contributed by atoms with Gasteiger partial charge in [-0.05, 0) is 28.8 Å². The molecule has 1 aliphatic rings. The summed E-state index contributed by atoms with van der Waals surface area (Å²) in [7, 11) is 3.44. The molecule has 0 aromatic heterocycles. The normalized spacial score (nSPS) is 16.0. The van der Waals surface area contributed by atoms with Gasteiger partial charge in [-0.25, -0.2) is 4.79 Å². The van der Waals surface area contributed by atoms with Gasteiger partial charge in [-0.15, -0.1) is 0 Å². The molecule has 1 N–H and O–H groups in total. The number of methoxy groups -OCH3 is 1. The molecular formula is C20H24N2O3. The first-order chi connectivity index (χ1) is 12.2. The SMILES string of the molecule is COc1ccc(CNC(=O)N(C)CC2Cc3ccccc3CO2)cc1. The average Bonchev–Trinajstić information content (AvgIpc) is 2.66. The molecule has 2 amide bonds. The van der Waals surface area contributed by atoms with Crippen LogP contribution in [0.2, 0.25) is 0 Å². The maximum atomic E-state index is 12.3. The number of carbonyl (C=O) groups is 1. The van der Waals surface area contributed by atoms with Crippen LogP contribution in [0.25, 0.3) is 0 Å². The Kier molecular flexibility index (Phi) is 5.56. The summed E-state index contributed by atoms with van der Waals surface area (Å²) in [6, 6.07) is 15.9. The zero-order valence-corrected chi connectivity index (χ0v) is 14.7. The Morgan fingerprint density at radius 1 is 1.20 bits per heavy atom. The van der Waals surface area contributed by atoms with Crippen LogP contribution < -0.4 is 10.1 Å². The van der Waals surface area contributed by atoms with Crippen LogP contribution in [0.3, 0.4) is 0 Å². The van der Waals surface area contributed by atoms with Crippen molar-refractivity contribution < 1.29 is 14.3 Å². The van der Waals surface area contributed by atoms with Crippen molar-refractivity contribution in [2.24, 2.45) is 0 Å². The lowest BCUT2D eigenvalue weighted by atomic mass is 9.99. The van der Waals surface area contributed by atoms with E-state index < -0.39 is 0 Å². The van der Waals surface area contributed by atoms with E-state index in [0.29, 0.717) is 19.7 Å². The number of amides is 2. The third-order valence-corrected chi connectivity index (χ3v) is 4.47. The largest absolute Gasteiger partial charge is 0.497 e. The van der Waals surface area contributed by atoms with E-state index in [9.17, 15) is 4.79 Å². The van der Waals surface area contributed by atoms with Gasteiger partial charge in [0.15, 0.2) is 0 Å². The molecule has 3 rings (SSSR count). The van der Waals surface area contributed by atoms with E-state index in [1.165, 1.54) is 11.1 Å².